The van der Waals surface area contributed by atoms with Crippen LogP contribution in [0.25, 0.3) is 0 Å². The van der Waals surface area contributed by atoms with E-state index in [1.54, 1.807) is 6.08 Å². The second kappa shape index (κ2) is 5.98. The number of esters is 1. The number of ether oxygens (including phenoxy) is 1. The smallest absolute Gasteiger partial charge is 0.330 e. The van der Waals surface area contributed by atoms with Crippen LogP contribution in [0.3, 0.4) is 0 Å². The van der Waals surface area contributed by atoms with Crippen molar-refractivity contribution in [1.82, 2.24) is 0 Å². The second-order valence-corrected chi connectivity index (χ2v) is 3.15. The molecule has 3 heteroatoms. The van der Waals surface area contributed by atoms with Gasteiger partial charge in [0.15, 0.2) is 0 Å². The van der Waals surface area contributed by atoms with Gasteiger partial charge in [-0.05, 0) is 17.5 Å². The van der Waals surface area contributed by atoms with Gasteiger partial charge in [0.25, 0.3) is 0 Å². The first-order chi connectivity index (χ1) is 7.26. The van der Waals surface area contributed by atoms with Crippen molar-refractivity contribution in [3.8, 4) is 0 Å². The summed E-state index contributed by atoms with van der Waals surface area (Å²) in [6.07, 6.45) is 3.93. The lowest BCUT2D eigenvalue weighted by atomic mass is 10.1. The quantitative estimate of drug-likeness (QED) is 0.597. The molecule has 0 bridgehead atoms. The van der Waals surface area contributed by atoms with Gasteiger partial charge in [0.1, 0.15) is 0 Å². The summed E-state index contributed by atoms with van der Waals surface area (Å²) in [6, 6.07) is 7.98. The molecule has 0 fully saturated rings. The lowest BCUT2D eigenvalue weighted by Gasteiger charge is -1.99. The number of allylic oxidation sites excluding steroid dienone is 1. The fraction of sp³-hybridized carbons (Fsp3) is 0.250. The molecule has 1 rings (SSSR count). The van der Waals surface area contributed by atoms with Gasteiger partial charge in [0, 0.05) is 12.6 Å². The Balaban J connectivity index is 2.51. The summed E-state index contributed by atoms with van der Waals surface area (Å²) >= 11 is 0. The summed E-state index contributed by atoms with van der Waals surface area (Å²) in [7, 11) is 1.36. The average Bonchev–Trinajstić information content (AvgIpc) is 2.29. The van der Waals surface area contributed by atoms with Gasteiger partial charge in [-0.1, -0.05) is 30.3 Å². The number of rotatable bonds is 4. The molecule has 0 unspecified atom stereocenters. The van der Waals surface area contributed by atoms with E-state index in [1.807, 2.05) is 24.3 Å². The molecule has 0 saturated carbocycles. The average molecular weight is 205 g/mol. The minimum atomic E-state index is -0.325. The van der Waals surface area contributed by atoms with E-state index in [9.17, 15) is 4.79 Å². The number of carbonyl (C=O) groups excluding carboxylic acids is 1. The van der Waals surface area contributed by atoms with Crippen molar-refractivity contribution in [1.29, 1.82) is 0 Å². The maximum atomic E-state index is 10.8. The summed E-state index contributed by atoms with van der Waals surface area (Å²) in [5, 5.41) is 0. The molecule has 0 spiro atoms. The van der Waals surface area contributed by atoms with Crippen LogP contribution >= 0.6 is 0 Å². The highest BCUT2D eigenvalue weighted by atomic mass is 16.5. The zero-order chi connectivity index (χ0) is 11.1. The lowest BCUT2D eigenvalue weighted by Crippen LogP contribution is -1.96. The van der Waals surface area contributed by atoms with E-state index >= 15 is 0 Å². The Morgan fingerprint density at radius 3 is 2.47 bits per heavy atom. The third-order valence-electron chi connectivity index (χ3n) is 2.07. The number of carbonyl (C=O) groups is 1. The third kappa shape index (κ3) is 3.95. The predicted octanol–water partition coefficient (Wildman–Crippen LogP) is 1.42. The first-order valence-corrected chi connectivity index (χ1v) is 4.78. The lowest BCUT2D eigenvalue weighted by molar-refractivity contribution is -0.134. The van der Waals surface area contributed by atoms with E-state index in [0.29, 0.717) is 6.54 Å². The Kier molecular flexibility index (Phi) is 4.57. The molecule has 3 nitrogen and oxygen atoms in total. The molecule has 0 amide bonds. The van der Waals surface area contributed by atoms with E-state index in [4.69, 9.17) is 5.73 Å². The summed E-state index contributed by atoms with van der Waals surface area (Å²) < 4.78 is 4.48. The minimum Gasteiger partial charge on any atom is -0.466 e. The van der Waals surface area contributed by atoms with Gasteiger partial charge in [-0.2, -0.15) is 0 Å². The Morgan fingerprint density at radius 2 is 1.93 bits per heavy atom. The molecule has 0 aliphatic rings. The van der Waals surface area contributed by atoms with Gasteiger partial charge in [-0.25, -0.2) is 4.79 Å². The molecule has 0 aromatic heterocycles. The molecule has 2 N–H and O–H groups in total. The highest BCUT2D eigenvalue weighted by Gasteiger charge is 1.93. The van der Waals surface area contributed by atoms with Gasteiger partial charge in [-0.3, -0.25) is 0 Å². The minimum absolute atomic E-state index is 0.325. The van der Waals surface area contributed by atoms with E-state index in [-0.39, 0.29) is 5.97 Å². The molecule has 0 aliphatic carbocycles. The molecular weight excluding hydrogens is 190 g/mol. The molecule has 1 aromatic rings. The van der Waals surface area contributed by atoms with E-state index in [0.717, 1.165) is 17.5 Å². The summed E-state index contributed by atoms with van der Waals surface area (Å²) in [4.78, 5) is 10.8. The van der Waals surface area contributed by atoms with Crippen molar-refractivity contribution in [2.24, 2.45) is 5.73 Å². The molecule has 80 valence electrons. The van der Waals surface area contributed by atoms with Crippen molar-refractivity contribution >= 4 is 5.97 Å². The number of hydrogen-bond acceptors (Lipinski definition) is 3. The van der Waals surface area contributed by atoms with Crippen LogP contribution in [0.4, 0.5) is 0 Å². The van der Waals surface area contributed by atoms with Crippen LogP contribution < -0.4 is 5.73 Å². The fourth-order valence-corrected chi connectivity index (χ4v) is 1.17. The Labute approximate surface area is 89.5 Å². The van der Waals surface area contributed by atoms with E-state index in [1.165, 1.54) is 13.2 Å². The van der Waals surface area contributed by atoms with E-state index in [2.05, 4.69) is 4.74 Å². The molecule has 0 aliphatic heterocycles. The topological polar surface area (TPSA) is 52.3 Å². The van der Waals surface area contributed by atoms with Crippen molar-refractivity contribution in [2.45, 2.75) is 13.0 Å². The fourth-order valence-electron chi connectivity index (χ4n) is 1.17. The zero-order valence-electron chi connectivity index (χ0n) is 8.77. The van der Waals surface area contributed by atoms with Crippen molar-refractivity contribution in [3.63, 3.8) is 0 Å². The second-order valence-electron chi connectivity index (χ2n) is 3.15. The van der Waals surface area contributed by atoms with Crippen LogP contribution in [0.1, 0.15) is 11.1 Å². The van der Waals surface area contributed by atoms with Gasteiger partial charge in [0.2, 0.25) is 0 Å². The Hall–Kier alpha value is -1.61. The van der Waals surface area contributed by atoms with Crippen LogP contribution in [-0.4, -0.2) is 13.1 Å². The van der Waals surface area contributed by atoms with Crippen LogP contribution in [0.2, 0.25) is 0 Å². The van der Waals surface area contributed by atoms with Crippen LogP contribution in [0, 0.1) is 0 Å². The molecule has 15 heavy (non-hydrogen) atoms. The van der Waals surface area contributed by atoms with Crippen LogP contribution in [0.15, 0.2) is 36.4 Å². The van der Waals surface area contributed by atoms with Crippen molar-refractivity contribution < 1.29 is 9.53 Å². The molecule has 0 saturated heterocycles. The summed E-state index contributed by atoms with van der Waals surface area (Å²) in [6.45, 7) is 0.554. The van der Waals surface area contributed by atoms with Crippen molar-refractivity contribution in [3.05, 3.63) is 47.5 Å². The van der Waals surface area contributed by atoms with Gasteiger partial charge in [0.05, 0.1) is 7.11 Å². The Morgan fingerprint density at radius 1 is 1.33 bits per heavy atom. The first-order valence-electron chi connectivity index (χ1n) is 4.78. The zero-order valence-corrected chi connectivity index (χ0v) is 8.77. The number of nitrogens with two attached hydrogens (primary N) is 1. The normalized spacial score (nSPS) is 10.5. The number of hydrogen-bond donors (Lipinski definition) is 1. The molecule has 0 heterocycles. The van der Waals surface area contributed by atoms with Gasteiger partial charge < -0.3 is 10.5 Å². The van der Waals surface area contributed by atoms with Crippen LogP contribution in [0.5, 0.6) is 0 Å². The maximum absolute atomic E-state index is 10.8. The largest absolute Gasteiger partial charge is 0.466 e. The first kappa shape index (κ1) is 11.5. The SMILES string of the molecule is COC(=O)/C=C/Cc1ccc(CN)cc1. The highest BCUT2D eigenvalue weighted by Crippen LogP contribution is 2.04. The van der Waals surface area contributed by atoms with Gasteiger partial charge >= 0.3 is 5.97 Å². The standard InChI is InChI=1S/C12H15NO2/c1-15-12(14)4-2-3-10-5-7-11(9-13)8-6-10/h2,4-8H,3,9,13H2,1H3/b4-2+. The summed E-state index contributed by atoms with van der Waals surface area (Å²) in [5.74, 6) is -0.325. The maximum Gasteiger partial charge on any atom is 0.330 e. The molecule has 1 aromatic carbocycles. The third-order valence-corrected chi connectivity index (χ3v) is 2.07. The molecule has 0 atom stereocenters. The monoisotopic (exact) mass is 205 g/mol. The van der Waals surface area contributed by atoms with Crippen LogP contribution in [-0.2, 0) is 22.5 Å². The highest BCUT2D eigenvalue weighted by molar-refractivity contribution is 5.81. The number of benzene rings is 1. The summed E-state index contributed by atoms with van der Waals surface area (Å²) in [5.41, 5.74) is 7.74. The van der Waals surface area contributed by atoms with Crippen molar-refractivity contribution in [2.75, 3.05) is 7.11 Å². The van der Waals surface area contributed by atoms with Gasteiger partial charge in [-0.15, -0.1) is 0 Å². The Bertz CT molecular complexity index is 341. The number of methoxy groups -OCH3 is 1. The molecule has 0 radical (unpaired) electrons. The predicted molar refractivity (Wildman–Crippen MR) is 59.2 cm³/mol. The molecular formula is C12H15NO2. The van der Waals surface area contributed by atoms with E-state index < -0.39 is 0 Å².